The summed E-state index contributed by atoms with van der Waals surface area (Å²) in [5.41, 5.74) is 0.648. The zero-order chi connectivity index (χ0) is 21.2. The van der Waals surface area contributed by atoms with Gasteiger partial charge in [-0.1, -0.05) is 6.07 Å². The summed E-state index contributed by atoms with van der Waals surface area (Å²) in [4.78, 5) is 24.0. The van der Waals surface area contributed by atoms with Gasteiger partial charge in [-0.15, -0.1) is 11.3 Å². The quantitative estimate of drug-likeness (QED) is 0.560. The number of aliphatic hydroxyl groups is 1. The van der Waals surface area contributed by atoms with E-state index >= 15 is 0 Å². The van der Waals surface area contributed by atoms with Crippen LogP contribution in [0.5, 0.6) is 0 Å². The van der Waals surface area contributed by atoms with Gasteiger partial charge in [-0.05, 0) is 31.5 Å². The van der Waals surface area contributed by atoms with Crippen molar-refractivity contribution in [3.8, 4) is 0 Å². The summed E-state index contributed by atoms with van der Waals surface area (Å²) in [5, 5.41) is 14.8. The van der Waals surface area contributed by atoms with Gasteiger partial charge in [0.2, 0.25) is 5.95 Å². The van der Waals surface area contributed by atoms with Crippen LogP contribution >= 0.6 is 11.3 Å². The zero-order valence-electron chi connectivity index (χ0n) is 15.5. The van der Waals surface area contributed by atoms with Gasteiger partial charge in [-0.25, -0.2) is 9.97 Å². The number of nitrogens with zero attached hydrogens (tertiary/aromatic N) is 3. The van der Waals surface area contributed by atoms with E-state index in [1.54, 1.807) is 18.5 Å². The molecule has 0 radical (unpaired) electrons. The van der Waals surface area contributed by atoms with Crippen molar-refractivity contribution >= 4 is 33.4 Å². The number of hydrogen-bond acceptors (Lipinski definition) is 7. The van der Waals surface area contributed by atoms with Crippen LogP contribution in [0.25, 0.3) is 10.2 Å². The Bertz CT molecular complexity index is 1010. The third kappa shape index (κ3) is 4.98. The summed E-state index contributed by atoms with van der Waals surface area (Å²) < 4.78 is 39.5. The number of carbonyl (C=O) groups excluding carboxylic acids is 1. The maximum atomic E-state index is 13.2. The number of aromatic nitrogens is 3. The molecule has 2 unspecified atom stereocenters. The van der Waals surface area contributed by atoms with E-state index in [0.717, 1.165) is 11.6 Å². The molecular formula is C18H18F3N5O2S. The van der Waals surface area contributed by atoms with Gasteiger partial charge in [0, 0.05) is 18.9 Å². The smallest absolute Gasteiger partial charge is 0.392 e. The fraction of sp³-hybridized carbons (Fsp3) is 0.333. The van der Waals surface area contributed by atoms with Crippen LogP contribution in [0, 0.1) is 0 Å². The van der Waals surface area contributed by atoms with E-state index in [4.69, 9.17) is 0 Å². The van der Waals surface area contributed by atoms with Crippen LogP contribution in [-0.2, 0) is 6.18 Å². The van der Waals surface area contributed by atoms with E-state index < -0.39 is 23.1 Å². The van der Waals surface area contributed by atoms with Gasteiger partial charge in [-0.3, -0.25) is 9.78 Å². The van der Waals surface area contributed by atoms with Gasteiger partial charge in [-0.2, -0.15) is 13.2 Å². The Labute approximate surface area is 168 Å². The summed E-state index contributed by atoms with van der Waals surface area (Å²) in [6, 6.07) is 4.18. The fourth-order valence-corrected chi connectivity index (χ4v) is 3.47. The molecule has 0 bridgehead atoms. The van der Waals surface area contributed by atoms with Gasteiger partial charge in [0.15, 0.2) is 5.69 Å². The van der Waals surface area contributed by atoms with Crippen LogP contribution < -0.4 is 10.6 Å². The highest BCUT2D eigenvalue weighted by Gasteiger charge is 2.34. The number of aliphatic hydroxyl groups excluding tert-OH is 1. The lowest BCUT2D eigenvalue weighted by Crippen LogP contribution is -2.31. The monoisotopic (exact) mass is 425 g/mol. The topological polar surface area (TPSA) is 100 Å². The molecule has 7 nitrogen and oxygen atoms in total. The van der Waals surface area contributed by atoms with Crippen molar-refractivity contribution in [3.63, 3.8) is 0 Å². The number of thiophene rings is 1. The lowest BCUT2D eigenvalue weighted by atomic mass is 10.1. The number of anilines is 1. The highest BCUT2D eigenvalue weighted by Crippen LogP contribution is 2.38. The Morgan fingerprint density at radius 2 is 2.07 bits per heavy atom. The molecule has 0 aliphatic carbocycles. The average Bonchev–Trinajstić information content (AvgIpc) is 3.10. The third-order valence-corrected chi connectivity index (χ3v) is 5.13. The molecule has 11 heteroatoms. The summed E-state index contributed by atoms with van der Waals surface area (Å²) in [6.45, 7) is 3.23. The number of nitrogens with one attached hydrogen (secondary N) is 2. The fourth-order valence-electron chi connectivity index (χ4n) is 2.52. The lowest BCUT2D eigenvalue weighted by molar-refractivity contribution is -0.134. The molecule has 3 aromatic heterocycles. The first-order valence-electron chi connectivity index (χ1n) is 8.66. The molecule has 3 rings (SSSR count). The van der Waals surface area contributed by atoms with E-state index in [0.29, 0.717) is 11.3 Å². The van der Waals surface area contributed by atoms with Gasteiger partial charge < -0.3 is 15.7 Å². The number of halogens is 3. The number of carbonyl (C=O) groups is 1. The largest absolute Gasteiger partial charge is 0.425 e. The van der Waals surface area contributed by atoms with Gasteiger partial charge in [0.1, 0.15) is 4.88 Å². The van der Waals surface area contributed by atoms with E-state index in [1.165, 1.54) is 6.92 Å². The number of hydrogen-bond donors (Lipinski definition) is 3. The van der Waals surface area contributed by atoms with Crippen molar-refractivity contribution in [3.05, 3.63) is 46.7 Å². The lowest BCUT2D eigenvalue weighted by Gasteiger charge is -2.15. The molecule has 0 saturated heterocycles. The number of pyridine rings is 1. The first kappa shape index (κ1) is 20.9. The Hall–Kier alpha value is -2.79. The molecule has 0 saturated carbocycles. The molecule has 3 N–H and O–H groups in total. The predicted octanol–water partition coefficient (Wildman–Crippen LogP) is 3.39. The van der Waals surface area contributed by atoms with Crippen LogP contribution in [0.15, 0.2) is 30.6 Å². The second-order valence-corrected chi connectivity index (χ2v) is 7.48. The average molecular weight is 425 g/mol. The Kier molecular flexibility index (Phi) is 5.99. The highest BCUT2D eigenvalue weighted by molar-refractivity contribution is 7.19. The molecular weight excluding hydrogens is 407 g/mol. The molecule has 0 spiro atoms. The molecule has 0 aliphatic rings. The molecule has 29 heavy (non-hydrogen) atoms. The summed E-state index contributed by atoms with van der Waals surface area (Å²) in [7, 11) is 0. The molecule has 1 amide bonds. The minimum Gasteiger partial charge on any atom is -0.392 e. The van der Waals surface area contributed by atoms with Gasteiger partial charge in [0.25, 0.3) is 5.91 Å². The van der Waals surface area contributed by atoms with Crippen molar-refractivity contribution in [1.82, 2.24) is 20.3 Å². The molecule has 0 aliphatic heterocycles. The first-order chi connectivity index (χ1) is 13.6. The molecule has 2 atom stereocenters. The van der Waals surface area contributed by atoms with E-state index in [-0.39, 0.29) is 34.4 Å². The van der Waals surface area contributed by atoms with E-state index in [9.17, 15) is 23.1 Å². The van der Waals surface area contributed by atoms with Crippen LogP contribution in [0.3, 0.4) is 0 Å². The summed E-state index contributed by atoms with van der Waals surface area (Å²) >= 11 is 0.406. The van der Waals surface area contributed by atoms with Crippen LogP contribution in [0.4, 0.5) is 19.1 Å². The minimum absolute atomic E-state index is 0.0143. The Balaban J connectivity index is 2.01. The Morgan fingerprint density at radius 1 is 1.31 bits per heavy atom. The summed E-state index contributed by atoms with van der Waals surface area (Å²) in [5.74, 6) is -0.673. The summed E-state index contributed by atoms with van der Waals surface area (Å²) in [6.07, 6.45) is -2.12. The molecule has 3 aromatic rings. The number of alkyl halides is 3. The number of amides is 1. The van der Waals surface area contributed by atoms with E-state index in [1.807, 2.05) is 13.0 Å². The maximum Gasteiger partial charge on any atom is 0.425 e. The molecule has 0 aromatic carbocycles. The zero-order valence-corrected chi connectivity index (χ0v) is 16.3. The van der Waals surface area contributed by atoms with Crippen LogP contribution in [0.2, 0.25) is 0 Å². The van der Waals surface area contributed by atoms with Gasteiger partial charge in [0.05, 0.1) is 22.4 Å². The van der Waals surface area contributed by atoms with Crippen molar-refractivity contribution in [1.29, 1.82) is 0 Å². The highest BCUT2D eigenvalue weighted by atomic mass is 32.1. The normalized spacial score (nSPS) is 13.9. The van der Waals surface area contributed by atoms with Crippen molar-refractivity contribution in [2.45, 2.75) is 32.2 Å². The second kappa shape index (κ2) is 8.29. The van der Waals surface area contributed by atoms with Crippen LogP contribution in [-0.4, -0.2) is 38.6 Å². The van der Waals surface area contributed by atoms with Crippen molar-refractivity contribution in [2.24, 2.45) is 0 Å². The minimum atomic E-state index is -4.56. The van der Waals surface area contributed by atoms with Crippen LogP contribution in [0.1, 0.15) is 40.8 Å². The molecule has 0 fully saturated rings. The standard InChI is InChI=1S/C18H18F3N5O2S/c1-9(27)7-23-16(28)14-15-12(6-13(29-15)18(19,20)21)25-17(26-14)24-10(2)11-4-3-5-22-8-11/h3-6,8-10,27H,7H2,1-2H3,(H,23,28)(H,24,25,26). The first-order valence-corrected chi connectivity index (χ1v) is 9.48. The van der Waals surface area contributed by atoms with Crippen molar-refractivity contribution < 1.29 is 23.1 Å². The third-order valence-electron chi connectivity index (χ3n) is 3.95. The maximum absolute atomic E-state index is 13.2. The molecule has 3 heterocycles. The predicted molar refractivity (Wildman–Crippen MR) is 103 cm³/mol. The SMILES string of the molecule is CC(O)CNC(=O)c1nc(NC(C)c2cccnc2)nc2cc(C(F)(F)F)sc12. The van der Waals surface area contributed by atoms with Crippen molar-refractivity contribution in [2.75, 3.05) is 11.9 Å². The Morgan fingerprint density at radius 3 is 2.69 bits per heavy atom. The second-order valence-electron chi connectivity index (χ2n) is 6.43. The number of fused-ring (bicyclic) bond motifs is 1. The number of rotatable bonds is 6. The van der Waals surface area contributed by atoms with Gasteiger partial charge >= 0.3 is 6.18 Å². The molecule has 154 valence electrons. The van der Waals surface area contributed by atoms with E-state index in [2.05, 4.69) is 25.6 Å².